The highest BCUT2D eigenvalue weighted by Gasteiger charge is 2.27. The molecule has 28 heavy (non-hydrogen) atoms. The Bertz CT molecular complexity index is 1020. The van der Waals surface area contributed by atoms with Crippen molar-refractivity contribution in [2.24, 2.45) is 0 Å². The number of thiophene rings is 1. The van der Waals surface area contributed by atoms with Crippen LogP contribution < -0.4 is 5.32 Å². The lowest BCUT2D eigenvalue weighted by Gasteiger charge is -2.07. The van der Waals surface area contributed by atoms with Crippen LogP contribution in [0.25, 0.3) is 5.69 Å². The van der Waals surface area contributed by atoms with Crippen LogP contribution in [0, 0.1) is 6.92 Å². The average Bonchev–Trinajstić information content (AvgIpc) is 3.35. The Labute approximate surface area is 165 Å². The Balaban J connectivity index is 1.89. The van der Waals surface area contributed by atoms with Gasteiger partial charge in [0.15, 0.2) is 0 Å². The van der Waals surface area contributed by atoms with Crippen LogP contribution in [-0.2, 0) is 9.47 Å². The highest BCUT2D eigenvalue weighted by Crippen LogP contribution is 2.34. The second-order valence-electron chi connectivity index (χ2n) is 5.83. The summed E-state index contributed by atoms with van der Waals surface area (Å²) in [5.74, 6) is -1.62. The van der Waals surface area contributed by atoms with E-state index in [4.69, 9.17) is 9.47 Å². The van der Waals surface area contributed by atoms with Crippen molar-refractivity contribution in [1.82, 2.24) is 4.57 Å². The minimum atomic E-state index is -0.637. The van der Waals surface area contributed by atoms with Crippen LogP contribution in [0.3, 0.4) is 0 Å². The van der Waals surface area contributed by atoms with E-state index in [9.17, 15) is 14.4 Å². The zero-order valence-corrected chi connectivity index (χ0v) is 16.3. The molecule has 2 heterocycles. The van der Waals surface area contributed by atoms with E-state index >= 15 is 0 Å². The number of benzene rings is 1. The van der Waals surface area contributed by atoms with E-state index in [1.165, 1.54) is 14.2 Å². The van der Waals surface area contributed by atoms with Gasteiger partial charge in [-0.1, -0.05) is 0 Å². The lowest BCUT2D eigenvalue weighted by molar-refractivity contribution is 0.0601. The molecular weight excluding hydrogens is 380 g/mol. The van der Waals surface area contributed by atoms with Crippen LogP contribution in [0.4, 0.5) is 5.00 Å². The van der Waals surface area contributed by atoms with Crippen molar-refractivity contribution >= 4 is 34.2 Å². The summed E-state index contributed by atoms with van der Waals surface area (Å²) in [6, 6.07) is 10.8. The van der Waals surface area contributed by atoms with E-state index in [1.807, 2.05) is 41.2 Å². The maximum Gasteiger partial charge on any atom is 0.348 e. The number of hydrogen-bond acceptors (Lipinski definition) is 6. The molecule has 0 aliphatic rings. The van der Waals surface area contributed by atoms with Gasteiger partial charge in [-0.3, -0.25) is 4.79 Å². The predicted molar refractivity (Wildman–Crippen MR) is 105 cm³/mol. The predicted octanol–water partition coefficient (Wildman–Crippen LogP) is 3.67. The van der Waals surface area contributed by atoms with Crippen LogP contribution in [0.15, 0.2) is 48.8 Å². The minimum Gasteiger partial charge on any atom is -0.465 e. The Morgan fingerprint density at radius 2 is 1.57 bits per heavy atom. The molecule has 0 bridgehead atoms. The molecule has 1 amide bonds. The quantitative estimate of drug-likeness (QED) is 0.663. The maximum atomic E-state index is 12.7. The highest BCUT2D eigenvalue weighted by molar-refractivity contribution is 7.18. The molecule has 8 heteroatoms. The molecule has 0 unspecified atom stereocenters. The first-order valence-corrected chi connectivity index (χ1v) is 9.12. The molecule has 0 fully saturated rings. The molecule has 3 aromatic rings. The van der Waals surface area contributed by atoms with Gasteiger partial charge in [-0.2, -0.15) is 0 Å². The number of nitrogens with one attached hydrogen (secondary N) is 1. The first-order chi connectivity index (χ1) is 13.5. The average molecular weight is 398 g/mol. The molecule has 7 nitrogen and oxygen atoms in total. The number of esters is 2. The van der Waals surface area contributed by atoms with Crippen molar-refractivity contribution in [3.05, 3.63) is 70.4 Å². The number of ether oxygens (including phenoxy) is 2. The van der Waals surface area contributed by atoms with E-state index in [-0.39, 0.29) is 15.4 Å². The van der Waals surface area contributed by atoms with Gasteiger partial charge in [0.1, 0.15) is 9.88 Å². The van der Waals surface area contributed by atoms with E-state index < -0.39 is 17.8 Å². The normalized spacial score (nSPS) is 10.4. The fourth-order valence-electron chi connectivity index (χ4n) is 2.70. The molecule has 0 atom stereocenters. The summed E-state index contributed by atoms with van der Waals surface area (Å²) in [7, 11) is 2.49. The molecule has 0 saturated carbocycles. The summed E-state index contributed by atoms with van der Waals surface area (Å²) in [5, 5.41) is 2.94. The number of methoxy groups -OCH3 is 2. The smallest absolute Gasteiger partial charge is 0.348 e. The lowest BCUT2D eigenvalue weighted by Crippen LogP contribution is -2.14. The highest BCUT2D eigenvalue weighted by atomic mass is 32.1. The SMILES string of the molecule is COC(=O)c1sc(NC(=O)c2ccc(-n3cccc3)cc2)c(C(=O)OC)c1C. The zero-order valence-electron chi connectivity index (χ0n) is 15.5. The molecule has 3 rings (SSSR count). The maximum absolute atomic E-state index is 12.7. The number of anilines is 1. The summed E-state index contributed by atoms with van der Waals surface area (Å²) < 4.78 is 11.5. The summed E-state index contributed by atoms with van der Waals surface area (Å²) in [5.41, 5.74) is 1.88. The van der Waals surface area contributed by atoms with E-state index in [0.29, 0.717) is 11.1 Å². The minimum absolute atomic E-state index is 0.144. The second-order valence-corrected chi connectivity index (χ2v) is 6.86. The number of aromatic nitrogens is 1. The van der Waals surface area contributed by atoms with Crippen LogP contribution in [-0.4, -0.2) is 36.6 Å². The molecular formula is C20H18N2O5S. The number of hydrogen-bond donors (Lipinski definition) is 1. The molecule has 1 N–H and O–H groups in total. The van der Waals surface area contributed by atoms with Gasteiger partial charge in [0.05, 0.1) is 19.8 Å². The summed E-state index contributed by atoms with van der Waals surface area (Å²) in [4.78, 5) is 37.0. The van der Waals surface area contributed by atoms with Crippen LogP contribution in [0.5, 0.6) is 0 Å². The Morgan fingerprint density at radius 1 is 0.964 bits per heavy atom. The first kappa shape index (κ1) is 19.4. The number of amides is 1. The molecule has 0 spiro atoms. The lowest BCUT2D eigenvalue weighted by atomic mass is 10.1. The molecule has 0 saturated heterocycles. The molecule has 0 radical (unpaired) electrons. The van der Waals surface area contributed by atoms with Crippen molar-refractivity contribution in [3.63, 3.8) is 0 Å². The molecule has 1 aromatic carbocycles. The number of nitrogens with zero attached hydrogens (tertiary/aromatic N) is 1. The topological polar surface area (TPSA) is 86.6 Å². The van der Waals surface area contributed by atoms with Gasteiger partial charge in [-0.05, 0) is 48.9 Å². The van der Waals surface area contributed by atoms with Crippen molar-refractivity contribution in [1.29, 1.82) is 0 Å². The van der Waals surface area contributed by atoms with Crippen LogP contribution in [0.2, 0.25) is 0 Å². The van der Waals surface area contributed by atoms with Crippen LogP contribution in [0.1, 0.15) is 36.0 Å². The van der Waals surface area contributed by atoms with Gasteiger partial charge < -0.3 is 19.4 Å². The standard InChI is InChI=1S/C20H18N2O5S/c1-12-15(19(24)26-2)18(28-16(12)20(25)27-3)21-17(23)13-6-8-14(9-7-13)22-10-4-5-11-22/h4-11H,1-3H3,(H,21,23). The van der Waals surface area contributed by atoms with Crippen molar-refractivity contribution < 1.29 is 23.9 Å². The third-order valence-electron chi connectivity index (χ3n) is 4.17. The fraction of sp³-hybridized carbons (Fsp3) is 0.150. The molecule has 0 aliphatic heterocycles. The summed E-state index contributed by atoms with van der Waals surface area (Å²) in [6.45, 7) is 1.61. The van der Waals surface area contributed by atoms with Gasteiger partial charge in [0, 0.05) is 23.6 Å². The number of rotatable bonds is 5. The Kier molecular flexibility index (Phi) is 5.60. The van der Waals surface area contributed by atoms with E-state index in [0.717, 1.165) is 17.0 Å². The fourth-order valence-corrected chi connectivity index (χ4v) is 3.81. The van der Waals surface area contributed by atoms with Gasteiger partial charge >= 0.3 is 11.9 Å². The summed E-state index contributed by atoms with van der Waals surface area (Å²) >= 11 is 0.975. The molecule has 0 aliphatic carbocycles. The third kappa shape index (κ3) is 3.67. The van der Waals surface area contributed by atoms with Crippen molar-refractivity contribution in [2.75, 3.05) is 19.5 Å². The van der Waals surface area contributed by atoms with Gasteiger partial charge in [-0.15, -0.1) is 11.3 Å². The summed E-state index contributed by atoms with van der Waals surface area (Å²) in [6.07, 6.45) is 3.81. The zero-order chi connectivity index (χ0) is 20.3. The van der Waals surface area contributed by atoms with Gasteiger partial charge in [-0.25, -0.2) is 9.59 Å². The Hall–Kier alpha value is -3.39. The van der Waals surface area contributed by atoms with Gasteiger partial charge in [0.2, 0.25) is 0 Å². The number of carbonyl (C=O) groups excluding carboxylic acids is 3. The van der Waals surface area contributed by atoms with Crippen molar-refractivity contribution in [2.45, 2.75) is 6.92 Å². The van der Waals surface area contributed by atoms with E-state index in [2.05, 4.69) is 5.32 Å². The Morgan fingerprint density at radius 3 is 2.14 bits per heavy atom. The first-order valence-electron chi connectivity index (χ1n) is 8.31. The largest absolute Gasteiger partial charge is 0.465 e. The van der Waals surface area contributed by atoms with E-state index in [1.54, 1.807) is 19.1 Å². The third-order valence-corrected chi connectivity index (χ3v) is 5.35. The monoisotopic (exact) mass is 398 g/mol. The second kappa shape index (κ2) is 8.10. The van der Waals surface area contributed by atoms with Gasteiger partial charge in [0.25, 0.3) is 5.91 Å². The van der Waals surface area contributed by atoms with Crippen molar-refractivity contribution in [3.8, 4) is 5.69 Å². The molecule has 2 aromatic heterocycles. The molecule has 144 valence electrons. The number of carbonyl (C=O) groups is 3. The van der Waals surface area contributed by atoms with Crippen LogP contribution >= 0.6 is 11.3 Å².